The minimum atomic E-state index is -0.715. The number of fused-ring (bicyclic) bond motifs is 15. The first-order valence-electron chi connectivity index (χ1n) is 12.6. The quantitative estimate of drug-likeness (QED) is 0.345. The second kappa shape index (κ2) is 7.96. The van der Waals surface area contributed by atoms with Gasteiger partial charge in [0.2, 0.25) is 0 Å². The van der Waals surface area contributed by atoms with Crippen molar-refractivity contribution in [3.05, 3.63) is 106 Å². The van der Waals surface area contributed by atoms with Gasteiger partial charge in [-0.05, 0) is 38.8 Å². The molecule has 36 heavy (non-hydrogen) atoms. The second-order valence-electron chi connectivity index (χ2n) is 11.0. The lowest BCUT2D eigenvalue weighted by atomic mass is 9.92. The monoisotopic (exact) mass is 486 g/mol. The molecule has 4 aliphatic rings. The zero-order valence-electron chi connectivity index (χ0n) is 20.8. The molecule has 0 N–H and O–H groups in total. The third kappa shape index (κ3) is 3.40. The second-order valence-corrected chi connectivity index (χ2v) is 11.0. The first kappa shape index (κ1) is 22.6. The maximum Gasteiger partial charge on any atom is 0.191 e. The molecule has 0 radical (unpaired) electrons. The molecule has 186 valence electrons. The van der Waals surface area contributed by atoms with E-state index >= 15 is 0 Å². The van der Waals surface area contributed by atoms with Gasteiger partial charge in [-0.25, -0.2) is 0 Å². The molecule has 0 amide bonds. The lowest BCUT2D eigenvalue weighted by molar-refractivity contribution is -0.342. The Morgan fingerprint density at radius 2 is 0.722 bits per heavy atom. The summed E-state index contributed by atoms with van der Waals surface area (Å²) in [5.74, 6) is 0. The van der Waals surface area contributed by atoms with Crippen molar-refractivity contribution in [3.8, 4) is 0 Å². The molecule has 6 nitrogen and oxygen atoms in total. The number of ether oxygens (including phenoxy) is 6. The lowest BCUT2D eigenvalue weighted by Crippen LogP contribution is -2.37. The molecule has 6 heteroatoms. The van der Waals surface area contributed by atoms with Crippen LogP contribution in [0.1, 0.15) is 98.4 Å². The van der Waals surface area contributed by atoms with Crippen molar-refractivity contribution in [2.24, 2.45) is 0 Å². The summed E-state index contributed by atoms with van der Waals surface area (Å²) in [5, 5.41) is 0. The average molecular weight is 487 g/mol. The van der Waals surface area contributed by atoms with E-state index in [4.69, 9.17) is 28.4 Å². The van der Waals surface area contributed by atoms with E-state index in [0.29, 0.717) is 0 Å². The molecule has 7 rings (SSSR count). The van der Waals surface area contributed by atoms with Gasteiger partial charge in [0, 0.05) is 22.3 Å². The van der Waals surface area contributed by atoms with E-state index in [1.54, 1.807) is 0 Å². The summed E-state index contributed by atoms with van der Waals surface area (Å²) in [4.78, 5) is 0. The first-order chi connectivity index (χ1) is 17.3. The molecule has 0 spiro atoms. The molecular formula is C30H30O6. The van der Waals surface area contributed by atoms with Crippen LogP contribution in [-0.4, -0.2) is 11.2 Å². The summed E-state index contributed by atoms with van der Waals surface area (Å²) in [6.07, 6.45) is -3.11. The smallest absolute Gasteiger partial charge is 0.191 e. The van der Waals surface area contributed by atoms with Crippen LogP contribution in [0, 0.1) is 0 Å². The van der Waals surface area contributed by atoms with Crippen molar-refractivity contribution >= 4 is 0 Å². The standard InChI is InChI=1S/C30H30O6/c1-29(2)23-17-11-5-7-13-19(17)25(31-23)33-26-21-15-9-10-16-22(21)28(34-26)36-30(3,4)24-18-12-6-8-14-20(18)27(32-24)35-29/h5-16,23-28H,1-4H3. The molecule has 0 saturated carbocycles. The highest BCUT2D eigenvalue weighted by Crippen LogP contribution is 2.55. The van der Waals surface area contributed by atoms with Gasteiger partial charge in [0.25, 0.3) is 0 Å². The molecule has 0 aliphatic carbocycles. The van der Waals surface area contributed by atoms with Gasteiger partial charge in [-0.1, -0.05) is 72.8 Å². The van der Waals surface area contributed by atoms with Crippen molar-refractivity contribution < 1.29 is 28.4 Å². The summed E-state index contributed by atoms with van der Waals surface area (Å²) in [7, 11) is 0. The van der Waals surface area contributed by atoms with Crippen LogP contribution >= 0.6 is 0 Å². The van der Waals surface area contributed by atoms with Gasteiger partial charge in [-0.15, -0.1) is 0 Å². The maximum absolute atomic E-state index is 6.72. The molecule has 4 aliphatic heterocycles. The number of hydrogen-bond donors (Lipinski definition) is 0. The fourth-order valence-corrected chi connectivity index (χ4v) is 5.93. The third-order valence-corrected chi connectivity index (χ3v) is 7.67. The van der Waals surface area contributed by atoms with Gasteiger partial charge >= 0.3 is 0 Å². The molecular weight excluding hydrogens is 456 g/mol. The Kier molecular flexibility index (Phi) is 5.00. The summed E-state index contributed by atoms with van der Waals surface area (Å²) in [6.45, 7) is 8.16. The van der Waals surface area contributed by atoms with Crippen LogP contribution in [0.25, 0.3) is 0 Å². The molecule has 0 aromatic heterocycles. The lowest BCUT2D eigenvalue weighted by Gasteiger charge is -2.37. The first-order valence-corrected chi connectivity index (χ1v) is 12.6. The minimum Gasteiger partial charge on any atom is -0.339 e. The van der Waals surface area contributed by atoms with Crippen molar-refractivity contribution in [2.75, 3.05) is 0 Å². The van der Waals surface area contributed by atoms with Crippen molar-refractivity contribution in [3.63, 3.8) is 0 Å². The van der Waals surface area contributed by atoms with Gasteiger partial charge in [0.1, 0.15) is 12.2 Å². The Labute approximate surface area is 211 Å². The van der Waals surface area contributed by atoms with Crippen LogP contribution in [0.2, 0.25) is 0 Å². The van der Waals surface area contributed by atoms with Gasteiger partial charge in [-0.2, -0.15) is 0 Å². The summed E-state index contributed by atoms with van der Waals surface area (Å²) in [5.41, 5.74) is 4.55. The molecule has 6 unspecified atom stereocenters. The van der Waals surface area contributed by atoms with Crippen LogP contribution in [0.4, 0.5) is 0 Å². The molecule has 3 aromatic carbocycles. The average Bonchev–Trinajstić information content (AvgIpc) is 3.52. The van der Waals surface area contributed by atoms with Crippen LogP contribution in [0.3, 0.4) is 0 Å². The molecule has 6 atom stereocenters. The van der Waals surface area contributed by atoms with Crippen molar-refractivity contribution in [1.82, 2.24) is 0 Å². The van der Waals surface area contributed by atoms with Crippen LogP contribution in [0.5, 0.6) is 0 Å². The zero-order valence-corrected chi connectivity index (χ0v) is 20.8. The minimum absolute atomic E-state index is 0.349. The van der Waals surface area contributed by atoms with Crippen molar-refractivity contribution in [2.45, 2.75) is 76.3 Å². The zero-order chi connectivity index (χ0) is 24.7. The Bertz CT molecular complexity index is 1320. The fourth-order valence-electron chi connectivity index (χ4n) is 5.93. The van der Waals surface area contributed by atoms with E-state index in [2.05, 4.69) is 18.2 Å². The fraction of sp³-hybridized carbons (Fsp3) is 0.400. The van der Waals surface area contributed by atoms with Crippen molar-refractivity contribution in [1.29, 1.82) is 0 Å². The van der Waals surface area contributed by atoms with E-state index < -0.39 is 36.4 Å². The third-order valence-electron chi connectivity index (χ3n) is 7.67. The number of hydrogen-bond acceptors (Lipinski definition) is 6. The Hall–Kier alpha value is -2.58. The molecule has 1 fully saturated rings. The van der Waals surface area contributed by atoms with Crippen LogP contribution in [0.15, 0.2) is 72.8 Å². The predicted molar refractivity (Wildman–Crippen MR) is 130 cm³/mol. The number of rotatable bonds is 0. The summed E-state index contributed by atoms with van der Waals surface area (Å²) < 4.78 is 39.5. The Morgan fingerprint density at radius 3 is 1.25 bits per heavy atom. The SMILES string of the molecule is CC1(C)OC2OC(OC3OC(c4ccccc43)C(C)(C)OC3OC1c1ccccc13)c1ccccc12. The topological polar surface area (TPSA) is 55.4 Å². The molecule has 4 heterocycles. The largest absolute Gasteiger partial charge is 0.339 e. The summed E-state index contributed by atoms with van der Waals surface area (Å²) in [6, 6.07) is 24.4. The maximum atomic E-state index is 6.72. The molecule has 1 saturated heterocycles. The molecule has 3 aromatic rings. The van der Waals surface area contributed by atoms with E-state index in [1.165, 1.54) is 0 Å². The summed E-state index contributed by atoms with van der Waals surface area (Å²) >= 11 is 0. The van der Waals surface area contributed by atoms with Gasteiger partial charge < -0.3 is 28.4 Å². The van der Waals surface area contributed by atoms with Crippen LogP contribution in [-0.2, 0) is 28.4 Å². The van der Waals surface area contributed by atoms with E-state index in [-0.39, 0.29) is 12.2 Å². The highest BCUT2D eigenvalue weighted by Gasteiger charge is 2.51. The Morgan fingerprint density at radius 1 is 0.417 bits per heavy atom. The predicted octanol–water partition coefficient (Wildman–Crippen LogP) is 6.87. The number of benzene rings is 3. The van der Waals surface area contributed by atoms with E-state index in [9.17, 15) is 0 Å². The van der Waals surface area contributed by atoms with E-state index in [0.717, 1.165) is 33.4 Å². The Balaban J connectivity index is 1.38. The van der Waals surface area contributed by atoms with E-state index in [1.807, 2.05) is 82.3 Å². The van der Waals surface area contributed by atoms with Gasteiger partial charge in [0.15, 0.2) is 25.2 Å². The highest BCUT2D eigenvalue weighted by molar-refractivity contribution is 5.38. The highest BCUT2D eigenvalue weighted by atomic mass is 16.8. The van der Waals surface area contributed by atoms with Gasteiger partial charge in [0.05, 0.1) is 11.2 Å². The van der Waals surface area contributed by atoms with Gasteiger partial charge in [-0.3, -0.25) is 0 Å². The van der Waals surface area contributed by atoms with Crippen LogP contribution < -0.4 is 0 Å². The molecule has 6 bridgehead atoms. The normalized spacial score (nSPS) is 33.3.